The molecule has 0 bridgehead atoms. The quantitative estimate of drug-likeness (QED) is 0.864. The highest BCUT2D eigenvalue weighted by Crippen LogP contribution is 2.12. The second-order valence-electron chi connectivity index (χ2n) is 4.16. The standard InChI is InChI=1S/C12H14FN5O/c1-8(14)11-6-18(17-16-11)7-12(19)15-10-5-3-2-4-9(10)13/h2-6,8H,7,14H2,1H3,(H,15,19). The maximum Gasteiger partial charge on any atom is 0.246 e. The molecule has 0 saturated heterocycles. The fourth-order valence-electron chi connectivity index (χ4n) is 1.50. The van der Waals surface area contributed by atoms with E-state index in [0.29, 0.717) is 5.69 Å². The number of carbonyl (C=O) groups excluding carboxylic acids is 1. The minimum Gasteiger partial charge on any atom is -0.323 e. The van der Waals surface area contributed by atoms with E-state index in [-0.39, 0.29) is 24.2 Å². The number of benzene rings is 1. The summed E-state index contributed by atoms with van der Waals surface area (Å²) in [5.74, 6) is -0.864. The maximum atomic E-state index is 13.3. The molecule has 1 heterocycles. The molecule has 0 aliphatic heterocycles. The van der Waals surface area contributed by atoms with Crippen LogP contribution in [0, 0.1) is 5.82 Å². The Morgan fingerprint density at radius 2 is 2.26 bits per heavy atom. The van der Waals surface area contributed by atoms with Crippen molar-refractivity contribution in [3.05, 3.63) is 42.0 Å². The highest BCUT2D eigenvalue weighted by Gasteiger charge is 2.10. The van der Waals surface area contributed by atoms with Crippen molar-refractivity contribution in [1.82, 2.24) is 15.0 Å². The van der Waals surface area contributed by atoms with Crippen LogP contribution in [0.5, 0.6) is 0 Å². The van der Waals surface area contributed by atoms with Crippen molar-refractivity contribution in [2.45, 2.75) is 19.5 Å². The second kappa shape index (κ2) is 5.57. The van der Waals surface area contributed by atoms with Gasteiger partial charge in [-0.3, -0.25) is 4.79 Å². The number of hydrogen-bond acceptors (Lipinski definition) is 4. The Morgan fingerprint density at radius 1 is 1.53 bits per heavy atom. The van der Waals surface area contributed by atoms with Crippen LogP contribution < -0.4 is 11.1 Å². The molecule has 0 aliphatic carbocycles. The molecule has 0 fully saturated rings. The van der Waals surface area contributed by atoms with Crippen LogP contribution in [0.3, 0.4) is 0 Å². The zero-order chi connectivity index (χ0) is 13.8. The molecule has 0 aliphatic rings. The number of para-hydroxylation sites is 1. The van der Waals surface area contributed by atoms with E-state index in [1.165, 1.54) is 16.8 Å². The third-order valence-electron chi connectivity index (χ3n) is 2.48. The van der Waals surface area contributed by atoms with Gasteiger partial charge in [0.05, 0.1) is 17.6 Å². The predicted octanol–water partition coefficient (Wildman–Crippen LogP) is 1.08. The number of nitrogens with one attached hydrogen (secondary N) is 1. The Labute approximate surface area is 109 Å². The average Bonchev–Trinajstić information content (AvgIpc) is 2.80. The van der Waals surface area contributed by atoms with E-state index < -0.39 is 5.82 Å². The topological polar surface area (TPSA) is 85.8 Å². The Kier molecular flexibility index (Phi) is 3.86. The second-order valence-corrected chi connectivity index (χ2v) is 4.16. The number of carbonyl (C=O) groups is 1. The lowest BCUT2D eigenvalue weighted by atomic mass is 10.3. The number of amides is 1. The molecule has 0 spiro atoms. The van der Waals surface area contributed by atoms with Crippen molar-refractivity contribution in [2.24, 2.45) is 5.73 Å². The van der Waals surface area contributed by atoms with Crippen molar-refractivity contribution >= 4 is 11.6 Å². The minimum absolute atomic E-state index is 0.0476. The third-order valence-corrected chi connectivity index (χ3v) is 2.48. The summed E-state index contributed by atoms with van der Waals surface area (Å²) < 4.78 is 14.7. The van der Waals surface area contributed by atoms with Crippen molar-refractivity contribution in [1.29, 1.82) is 0 Å². The number of hydrogen-bond donors (Lipinski definition) is 2. The van der Waals surface area contributed by atoms with E-state index >= 15 is 0 Å². The van der Waals surface area contributed by atoms with Crippen molar-refractivity contribution in [3.63, 3.8) is 0 Å². The molecule has 19 heavy (non-hydrogen) atoms. The van der Waals surface area contributed by atoms with Crippen LogP contribution >= 0.6 is 0 Å². The van der Waals surface area contributed by atoms with E-state index in [2.05, 4.69) is 15.6 Å². The van der Waals surface area contributed by atoms with Crippen LogP contribution in [0.15, 0.2) is 30.5 Å². The van der Waals surface area contributed by atoms with Gasteiger partial charge < -0.3 is 11.1 Å². The van der Waals surface area contributed by atoms with Crippen LogP contribution in [-0.4, -0.2) is 20.9 Å². The molecule has 6 nitrogen and oxygen atoms in total. The minimum atomic E-state index is -0.481. The van der Waals surface area contributed by atoms with Gasteiger partial charge in [0.2, 0.25) is 5.91 Å². The molecule has 100 valence electrons. The number of rotatable bonds is 4. The molecule has 2 rings (SSSR count). The van der Waals surface area contributed by atoms with E-state index in [1.807, 2.05) is 0 Å². The molecule has 0 radical (unpaired) electrons. The molecule has 7 heteroatoms. The smallest absolute Gasteiger partial charge is 0.246 e. The van der Waals surface area contributed by atoms with E-state index in [0.717, 1.165) is 0 Å². The van der Waals surface area contributed by atoms with E-state index in [9.17, 15) is 9.18 Å². The summed E-state index contributed by atoms with van der Waals surface area (Å²) in [5, 5.41) is 10.1. The lowest BCUT2D eigenvalue weighted by molar-refractivity contribution is -0.116. The summed E-state index contributed by atoms with van der Waals surface area (Å²) in [6.45, 7) is 1.72. The fourth-order valence-corrected chi connectivity index (χ4v) is 1.50. The molecule has 1 atom stereocenters. The zero-order valence-electron chi connectivity index (χ0n) is 10.4. The summed E-state index contributed by atoms with van der Waals surface area (Å²) in [6, 6.07) is 5.71. The fraction of sp³-hybridized carbons (Fsp3) is 0.250. The van der Waals surface area contributed by atoms with Gasteiger partial charge in [-0.2, -0.15) is 0 Å². The number of halogens is 1. The van der Waals surface area contributed by atoms with Gasteiger partial charge in [0.1, 0.15) is 12.4 Å². The lowest BCUT2D eigenvalue weighted by Gasteiger charge is -2.05. The molecule has 2 aromatic rings. The Hall–Kier alpha value is -2.28. The predicted molar refractivity (Wildman–Crippen MR) is 67.7 cm³/mol. The van der Waals surface area contributed by atoms with Gasteiger partial charge in [-0.15, -0.1) is 5.10 Å². The lowest BCUT2D eigenvalue weighted by Crippen LogP contribution is -2.19. The molecule has 1 aromatic carbocycles. The summed E-state index contributed by atoms with van der Waals surface area (Å²) >= 11 is 0. The van der Waals surface area contributed by atoms with E-state index in [4.69, 9.17) is 5.73 Å². The number of nitrogens with two attached hydrogens (primary N) is 1. The number of aromatic nitrogens is 3. The third kappa shape index (κ3) is 3.35. The summed E-state index contributed by atoms with van der Waals surface area (Å²) in [7, 11) is 0. The molecule has 3 N–H and O–H groups in total. The van der Waals surface area contributed by atoms with Crippen molar-refractivity contribution < 1.29 is 9.18 Å². The van der Waals surface area contributed by atoms with Gasteiger partial charge in [-0.05, 0) is 19.1 Å². The highest BCUT2D eigenvalue weighted by atomic mass is 19.1. The van der Waals surface area contributed by atoms with E-state index in [1.54, 1.807) is 25.3 Å². The van der Waals surface area contributed by atoms with Crippen LogP contribution in [0.4, 0.5) is 10.1 Å². The van der Waals surface area contributed by atoms with Crippen LogP contribution in [0.25, 0.3) is 0 Å². The normalized spacial score (nSPS) is 12.2. The summed E-state index contributed by atoms with van der Waals surface area (Å²) in [5.41, 5.74) is 6.37. The largest absolute Gasteiger partial charge is 0.323 e. The first-order valence-electron chi connectivity index (χ1n) is 5.76. The average molecular weight is 263 g/mol. The zero-order valence-corrected chi connectivity index (χ0v) is 10.4. The molecule has 1 amide bonds. The monoisotopic (exact) mass is 263 g/mol. The van der Waals surface area contributed by atoms with Crippen molar-refractivity contribution in [2.75, 3.05) is 5.32 Å². The first-order valence-corrected chi connectivity index (χ1v) is 5.76. The highest BCUT2D eigenvalue weighted by molar-refractivity contribution is 5.90. The van der Waals surface area contributed by atoms with Crippen molar-refractivity contribution in [3.8, 4) is 0 Å². The first kappa shape index (κ1) is 13.2. The number of nitrogens with zero attached hydrogens (tertiary/aromatic N) is 3. The SMILES string of the molecule is CC(N)c1cn(CC(=O)Nc2ccccc2F)nn1. The van der Waals surface area contributed by atoms with Crippen LogP contribution in [-0.2, 0) is 11.3 Å². The van der Waals surface area contributed by atoms with Gasteiger partial charge in [0.15, 0.2) is 0 Å². The Morgan fingerprint density at radius 3 is 2.89 bits per heavy atom. The Bertz CT molecular complexity index is 581. The summed E-state index contributed by atoms with van der Waals surface area (Å²) in [4.78, 5) is 11.7. The Balaban J connectivity index is 1.99. The van der Waals surface area contributed by atoms with Gasteiger partial charge in [-0.25, -0.2) is 9.07 Å². The van der Waals surface area contributed by atoms with Gasteiger partial charge >= 0.3 is 0 Å². The molecule has 0 saturated carbocycles. The molecular weight excluding hydrogens is 249 g/mol. The van der Waals surface area contributed by atoms with Gasteiger partial charge in [0.25, 0.3) is 0 Å². The van der Waals surface area contributed by atoms with Crippen LogP contribution in [0.1, 0.15) is 18.7 Å². The number of anilines is 1. The molecular formula is C12H14FN5O. The molecule has 1 aromatic heterocycles. The summed E-state index contributed by atoms with van der Waals surface area (Å²) in [6.07, 6.45) is 1.59. The van der Waals surface area contributed by atoms with Gasteiger partial charge in [-0.1, -0.05) is 17.3 Å². The van der Waals surface area contributed by atoms with Crippen LogP contribution in [0.2, 0.25) is 0 Å². The molecule has 1 unspecified atom stereocenters. The first-order chi connectivity index (χ1) is 9.06. The van der Waals surface area contributed by atoms with Gasteiger partial charge in [0, 0.05) is 6.04 Å². The maximum absolute atomic E-state index is 13.3.